The highest BCUT2D eigenvalue weighted by Crippen LogP contribution is 2.23. The maximum absolute atomic E-state index is 11.8. The molecule has 3 nitrogen and oxygen atoms in total. The zero-order chi connectivity index (χ0) is 10.9. The van der Waals surface area contributed by atoms with Gasteiger partial charge < -0.3 is 9.52 Å². The molecule has 0 saturated carbocycles. The molecule has 0 aliphatic heterocycles. The zero-order valence-electron chi connectivity index (χ0n) is 7.47. The van der Waals surface area contributed by atoms with Crippen molar-refractivity contribution in [2.75, 3.05) is 0 Å². The van der Waals surface area contributed by atoms with Crippen LogP contribution in [-0.2, 0) is 0 Å². The predicted octanol–water partition coefficient (Wildman–Crippen LogP) is 1.55. The van der Waals surface area contributed by atoms with E-state index in [0.29, 0.717) is 17.5 Å². The summed E-state index contributed by atoms with van der Waals surface area (Å²) < 4.78 is 40.2. The van der Waals surface area contributed by atoms with Crippen LogP contribution in [0, 0.1) is 13.8 Å². The lowest BCUT2D eigenvalue weighted by Crippen LogP contribution is -2.22. The largest absolute Gasteiger partial charge is 0.869 e. The second-order valence-electron chi connectivity index (χ2n) is 2.70. The molecule has 0 fully saturated rings. The number of aromatic nitrogens is 1. The van der Waals surface area contributed by atoms with Crippen molar-refractivity contribution in [2.45, 2.75) is 20.0 Å². The van der Waals surface area contributed by atoms with Crippen molar-refractivity contribution in [1.82, 2.24) is 4.98 Å². The average molecular weight is 206 g/mol. The Labute approximate surface area is 77.9 Å². The Bertz CT molecular complexity index is 346. The molecular weight excluding hydrogens is 199 g/mol. The van der Waals surface area contributed by atoms with E-state index in [9.17, 15) is 18.3 Å². The summed E-state index contributed by atoms with van der Waals surface area (Å²) in [5, 5.41) is 10.5. The van der Waals surface area contributed by atoms with E-state index in [2.05, 4.69) is 4.98 Å². The molecule has 1 heterocycles. The van der Waals surface area contributed by atoms with E-state index in [0.717, 1.165) is 0 Å². The van der Waals surface area contributed by atoms with Gasteiger partial charge in [-0.3, -0.25) is 0 Å². The maximum atomic E-state index is 11.8. The lowest BCUT2D eigenvalue weighted by molar-refractivity contribution is -0.358. The molecule has 0 aliphatic rings. The van der Waals surface area contributed by atoms with Crippen LogP contribution in [0.1, 0.15) is 17.3 Å². The van der Waals surface area contributed by atoms with Gasteiger partial charge in [-0.25, -0.2) is 4.98 Å². The van der Waals surface area contributed by atoms with Crippen molar-refractivity contribution >= 4 is 6.08 Å². The van der Waals surface area contributed by atoms with Crippen LogP contribution in [-0.4, -0.2) is 11.2 Å². The van der Waals surface area contributed by atoms with Gasteiger partial charge >= 0.3 is 6.18 Å². The first-order valence-corrected chi connectivity index (χ1v) is 3.70. The van der Waals surface area contributed by atoms with Gasteiger partial charge in [0.25, 0.3) is 0 Å². The standard InChI is InChI=1S/C8H8F3NO2/c1-4-5(2)14-7(12-4)3-6(13)8(9,10)11/h3,13H,1-2H3/p-1/b6-3-. The van der Waals surface area contributed by atoms with Crippen LogP contribution in [0.25, 0.3) is 6.08 Å². The SMILES string of the molecule is Cc1nc(/C=C(\[O-])C(F)(F)F)oc1C. The van der Waals surface area contributed by atoms with Crippen molar-refractivity contribution in [2.24, 2.45) is 0 Å². The van der Waals surface area contributed by atoms with Gasteiger partial charge in [0, 0.05) is 0 Å². The monoisotopic (exact) mass is 206 g/mol. The molecule has 0 unspecified atom stereocenters. The van der Waals surface area contributed by atoms with E-state index < -0.39 is 11.9 Å². The van der Waals surface area contributed by atoms with Crippen LogP contribution < -0.4 is 5.11 Å². The highest BCUT2D eigenvalue weighted by molar-refractivity contribution is 5.42. The number of rotatable bonds is 1. The molecule has 78 valence electrons. The minimum absolute atomic E-state index is 0.317. The number of hydrogen-bond acceptors (Lipinski definition) is 3. The Morgan fingerprint density at radius 2 is 2.00 bits per heavy atom. The van der Waals surface area contributed by atoms with Crippen molar-refractivity contribution < 1.29 is 22.7 Å². The van der Waals surface area contributed by atoms with Gasteiger partial charge in [0.05, 0.1) is 5.69 Å². The molecule has 1 aromatic rings. The minimum atomic E-state index is -4.88. The third-order valence-corrected chi connectivity index (χ3v) is 1.58. The molecule has 0 aliphatic carbocycles. The molecule has 0 saturated heterocycles. The van der Waals surface area contributed by atoms with Crippen LogP contribution >= 0.6 is 0 Å². The number of aryl methyl sites for hydroxylation is 2. The number of allylic oxidation sites excluding steroid dienone is 1. The fraction of sp³-hybridized carbons (Fsp3) is 0.375. The summed E-state index contributed by atoms with van der Waals surface area (Å²) in [6.07, 6.45) is -4.55. The minimum Gasteiger partial charge on any atom is -0.869 e. The highest BCUT2D eigenvalue weighted by Gasteiger charge is 2.26. The molecule has 0 radical (unpaired) electrons. The predicted molar refractivity (Wildman–Crippen MR) is 40.0 cm³/mol. The number of nitrogens with zero attached hydrogens (tertiary/aromatic N) is 1. The normalized spacial score (nSPS) is 13.4. The van der Waals surface area contributed by atoms with Crippen molar-refractivity contribution in [3.8, 4) is 0 Å². The fourth-order valence-electron chi connectivity index (χ4n) is 0.753. The Hall–Kier alpha value is -1.46. The summed E-state index contributed by atoms with van der Waals surface area (Å²) in [6.45, 7) is 3.13. The number of hydrogen-bond donors (Lipinski definition) is 0. The summed E-state index contributed by atoms with van der Waals surface area (Å²) in [5.41, 5.74) is 0.464. The van der Waals surface area contributed by atoms with Gasteiger partial charge in [0.2, 0.25) is 5.89 Å². The topological polar surface area (TPSA) is 49.1 Å². The molecule has 0 spiro atoms. The van der Waals surface area contributed by atoms with Crippen LogP contribution in [0.4, 0.5) is 13.2 Å². The summed E-state index contributed by atoms with van der Waals surface area (Å²) in [5.74, 6) is -1.90. The molecule has 0 amide bonds. The van der Waals surface area contributed by atoms with Crippen LogP contribution in [0.5, 0.6) is 0 Å². The zero-order valence-corrected chi connectivity index (χ0v) is 7.47. The third-order valence-electron chi connectivity index (χ3n) is 1.58. The molecular formula is C8H7F3NO2-. The maximum Gasteiger partial charge on any atom is 0.402 e. The summed E-state index contributed by atoms with van der Waals surface area (Å²) in [6, 6.07) is 0. The van der Waals surface area contributed by atoms with Crippen molar-refractivity contribution in [3.05, 3.63) is 23.1 Å². The van der Waals surface area contributed by atoms with Gasteiger partial charge in [-0.05, 0) is 25.7 Å². The van der Waals surface area contributed by atoms with Crippen LogP contribution in [0.2, 0.25) is 0 Å². The van der Waals surface area contributed by atoms with E-state index in [-0.39, 0.29) is 5.89 Å². The summed E-state index contributed by atoms with van der Waals surface area (Å²) >= 11 is 0. The third kappa shape index (κ3) is 2.27. The number of oxazole rings is 1. The lowest BCUT2D eigenvalue weighted by Gasteiger charge is -2.14. The van der Waals surface area contributed by atoms with E-state index >= 15 is 0 Å². The molecule has 0 N–H and O–H groups in total. The first-order valence-electron chi connectivity index (χ1n) is 3.70. The van der Waals surface area contributed by atoms with Crippen molar-refractivity contribution in [3.63, 3.8) is 0 Å². The number of halogens is 3. The lowest BCUT2D eigenvalue weighted by atomic mass is 10.4. The van der Waals surface area contributed by atoms with Gasteiger partial charge in [0.15, 0.2) is 0 Å². The second kappa shape index (κ2) is 3.36. The Kier molecular flexibility index (Phi) is 2.55. The molecule has 1 aromatic heterocycles. The van der Waals surface area contributed by atoms with Crippen molar-refractivity contribution in [1.29, 1.82) is 0 Å². The van der Waals surface area contributed by atoms with E-state index in [1.54, 1.807) is 13.8 Å². The quantitative estimate of drug-likeness (QED) is 0.655. The molecule has 6 heteroatoms. The molecule has 0 atom stereocenters. The second-order valence-corrected chi connectivity index (χ2v) is 2.70. The molecule has 0 aromatic carbocycles. The van der Waals surface area contributed by atoms with Crippen LogP contribution in [0.15, 0.2) is 10.2 Å². The first-order chi connectivity index (χ1) is 6.30. The highest BCUT2D eigenvalue weighted by atomic mass is 19.4. The smallest absolute Gasteiger partial charge is 0.402 e. The number of alkyl halides is 3. The summed E-state index contributed by atoms with van der Waals surface area (Å²) in [4.78, 5) is 3.62. The average Bonchev–Trinajstić information content (AvgIpc) is 2.29. The van der Waals surface area contributed by atoms with E-state index in [1.807, 2.05) is 0 Å². The van der Waals surface area contributed by atoms with Gasteiger partial charge in [0.1, 0.15) is 5.76 Å². The van der Waals surface area contributed by atoms with Gasteiger partial charge in [-0.15, -0.1) is 0 Å². The van der Waals surface area contributed by atoms with Crippen LogP contribution in [0.3, 0.4) is 0 Å². The molecule has 1 rings (SSSR count). The summed E-state index contributed by atoms with van der Waals surface area (Å²) in [7, 11) is 0. The molecule has 0 bridgehead atoms. The Morgan fingerprint density at radius 3 is 2.36 bits per heavy atom. The Balaban J connectivity index is 2.98. The van der Waals surface area contributed by atoms with E-state index in [1.165, 1.54) is 0 Å². The van der Waals surface area contributed by atoms with Gasteiger partial charge in [-0.2, -0.15) is 13.2 Å². The Morgan fingerprint density at radius 1 is 1.43 bits per heavy atom. The van der Waals surface area contributed by atoms with E-state index in [4.69, 9.17) is 4.42 Å². The van der Waals surface area contributed by atoms with Gasteiger partial charge in [-0.1, -0.05) is 0 Å². The first kappa shape index (κ1) is 10.6. The molecule has 14 heavy (non-hydrogen) atoms. The fourth-order valence-corrected chi connectivity index (χ4v) is 0.753.